The average Bonchev–Trinajstić information content (AvgIpc) is 2.61. The smallest absolute Gasteiger partial charge is 0.227 e. The Bertz CT molecular complexity index is 580. The number of hydrogen-bond donors (Lipinski definition) is 0. The molecule has 0 radical (unpaired) electrons. The molecule has 0 bridgehead atoms. The molecule has 1 aliphatic rings. The van der Waals surface area contributed by atoms with Crippen molar-refractivity contribution in [1.82, 2.24) is 9.80 Å². The van der Waals surface area contributed by atoms with Gasteiger partial charge in [0.05, 0.1) is 20.6 Å². The van der Waals surface area contributed by atoms with E-state index >= 15 is 0 Å². The minimum atomic E-state index is 0.0739. The second-order valence-electron chi connectivity index (χ2n) is 5.88. The minimum absolute atomic E-state index is 0.0739. The van der Waals surface area contributed by atoms with Crippen molar-refractivity contribution in [2.75, 3.05) is 40.4 Å². The van der Waals surface area contributed by atoms with Crippen LogP contribution in [0.25, 0.3) is 0 Å². The number of ether oxygens (including phenoxy) is 2. The van der Waals surface area contributed by atoms with Crippen LogP contribution in [-0.2, 0) is 16.0 Å². The Morgan fingerprint density at radius 2 is 1.54 bits per heavy atom. The Morgan fingerprint density at radius 3 is 2.08 bits per heavy atom. The van der Waals surface area contributed by atoms with Gasteiger partial charge in [-0.1, -0.05) is 13.0 Å². The van der Waals surface area contributed by atoms with E-state index in [1.165, 1.54) is 0 Å². The number of amides is 2. The molecule has 1 saturated heterocycles. The first-order chi connectivity index (χ1) is 11.6. The van der Waals surface area contributed by atoms with Gasteiger partial charge < -0.3 is 19.3 Å². The Kier molecular flexibility index (Phi) is 6.46. The molecule has 0 N–H and O–H groups in total. The zero-order chi connectivity index (χ0) is 17.5. The van der Waals surface area contributed by atoms with Crippen LogP contribution in [0.3, 0.4) is 0 Å². The van der Waals surface area contributed by atoms with Crippen LogP contribution in [0.1, 0.15) is 25.3 Å². The van der Waals surface area contributed by atoms with Crippen LogP contribution in [-0.4, -0.2) is 62.0 Å². The van der Waals surface area contributed by atoms with Gasteiger partial charge in [-0.25, -0.2) is 0 Å². The molecule has 2 rings (SSSR count). The summed E-state index contributed by atoms with van der Waals surface area (Å²) in [6.07, 6.45) is 1.76. The van der Waals surface area contributed by atoms with E-state index in [0.29, 0.717) is 50.5 Å². The lowest BCUT2D eigenvalue weighted by Crippen LogP contribution is -2.50. The lowest BCUT2D eigenvalue weighted by Gasteiger charge is -2.35. The summed E-state index contributed by atoms with van der Waals surface area (Å²) in [6, 6.07) is 5.51. The summed E-state index contributed by atoms with van der Waals surface area (Å²) in [5.41, 5.74) is 0.891. The molecular weight excluding hydrogens is 308 g/mol. The van der Waals surface area contributed by atoms with E-state index in [4.69, 9.17) is 9.47 Å². The van der Waals surface area contributed by atoms with Gasteiger partial charge in [-0.05, 0) is 24.1 Å². The first-order valence-electron chi connectivity index (χ1n) is 8.35. The quantitative estimate of drug-likeness (QED) is 0.795. The Morgan fingerprint density at radius 1 is 0.958 bits per heavy atom. The Labute approximate surface area is 143 Å². The van der Waals surface area contributed by atoms with Crippen LogP contribution in [0.4, 0.5) is 0 Å². The van der Waals surface area contributed by atoms with Crippen LogP contribution >= 0.6 is 0 Å². The van der Waals surface area contributed by atoms with Crippen LogP contribution in [0.5, 0.6) is 11.5 Å². The maximum absolute atomic E-state index is 12.5. The second kappa shape index (κ2) is 8.57. The van der Waals surface area contributed by atoms with E-state index in [9.17, 15) is 9.59 Å². The van der Waals surface area contributed by atoms with Gasteiger partial charge in [-0.15, -0.1) is 0 Å². The number of carbonyl (C=O) groups is 2. The van der Waals surface area contributed by atoms with Crippen molar-refractivity contribution >= 4 is 11.8 Å². The SMILES string of the molecule is CCCC(=O)N1CCN(C(=O)Cc2ccc(OC)c(OC)c2)CC1. The van der Waals surface area contributed by atoms with Crippen LogP contribution in [0, 0.1) is 0 Å². The largest absolute Gasteiger partial charge is 0.493 e. The highest BCUT2D eigenvalue weighted by Crippen LogP contribution is 2.27. The van der Waals surface area contributed by atoms with Gasteiger partial charge in [-0.3, -0.25) is 9.59 Å². The number of carbonyl (C=O) groups excluding carboxylic acids is 2. The molecule has 1 heterocycles. The summed E-state index contributed by atoms with van der Waals surface area (Å²) in [7, 11) is 3.16. The summed E-state index contributed by atoms with van der Waals surface area (Å²) in [5.74, 6) is 1.53. The van der Waals surface area contributed by atoms with Gasteiger partial charge >= 0.3 is 0 Å². The first kappa shape index (κ1) is 18.1. The van der Waals surface area contributed by atoms with Crippen LogP contribution in [0.2, 0.25) is 0 Å². The molecule has 6 nitrogen and oxygen atoms in total. The van der Waals surface area contributed by atoms with E-state index in [-0.39, 0.29) is 11.8 Å². The zero-order valence-corrected chi connectivity index (χ0v) is 14.7. The van der Waals surface area contributed by atoms with Gasteiger partial charge in [0.2, 0.25) is 11.8 Å². The number of benzene rings is 1. The molecule has 0 atom stereocenters. The number of methoxy groups -OCH3 is 2. The molecule has 2 amide bonds. The normalized spacial score (nSPS) is 14.5. The molecule has 132 valence electrons. The number of hydrogen-bond acceptors (Lipinski definition) is 4. The summed E-state index contributed by atoms with van der Waals surface area (Å²) in [5, 5.41) is 0. The molecule has 0 unspecified atom stereocenters. The minimum Gasteiger partial charge on any atom is -0.493 e. The highest BCUT2D eigenvalue weighted by atomic mass is 16.5. The Balaban J connectivity index is 1.91. The van der Waals surface area contributed by atoms with Gasteiger partial charge in [0.1, 0.15) is 0 Å². The molecule has 0 saturated carbocycles. The average molecular weight is 334 g/mol. The maximum atomic E-state index is 12.5. The van der Waals surface area contributed by atoms with Crippen LogP contribution < -0.4 is 9.47 Å². The third-order valence-corrected chi connectivity index (χ3v) is 4.25. The molecular formula is C18H26N2O4. The monoisotopic (exact) mass is 334 g/mol. The van der Waals surface area contributed by atoms with E-state index in [2.05, 4.69) is 0 Å². The van der Waals surface area contributed by atoms with Gasteiger partial charge in [-0.2, -0.15) is 0 Å². The molecule has 1 aliphatic heterocycles. The molecule has 24 heavy (non-hydrogen) atoms. The van der Waals surface area contributed by atoms with Gasteiger partial charge in [0.15, 0.2) is 11.5 Å². The first-order valence-corrected chi connectivity index (χ1v) is 8.35. The molecule has 1 fully saturated rings. The molecule has 0 aromatic heterocycles. The van der Waals surface area contributed by atoms with Crippen molar-refractivity contribution in [2.45, 2.75) is 26.2 Å². The van der Waals surface area contributed by atoms with Gasteiger partial charge in [0, 0.05) is 32.6 Å². The predicted octanol–water partition coefficient (Wildman–Crippen LogP) is 1.72. The lowest BCUT2D eigenvalue weighted by atomic mass is 10.1. The maximum Gasteiger partial charge on any atom is 0.227 e. The predicted molar refractivity (Wildman–Crippen MR) is 91.3 cm³/mol. The lowest BCUT2D eigenvalue weighted by molar-refractivity contribution is -0.139. The van der Waals surface area contributed by atoms with E-state index in [1.54, 1.807) is 14.2 Å². The fourth-order valence-electron chi connectivity index (χ4n) is 2.85. The number of rotatable bonds is 6. The summed E-state index contributed by atoms with van der Waals surface area (Å²) in [4.78, 5) is 28.0. The summed E-state index contributed by atoms with van der Waals surface area (Å²) in [6.45, 7) is 4.44. The fraction of sp³-hybridized carbons (Fsp3) is 0.556. The van der Waals surface area contributed by atoms with Crippen LogP contribution in [0.15, 0.2) is 18.2 Å². The third-order valence-electron chi connectivity index (χ3n) is 4.25. The summed E-state index contributed by atoms with van der Waals surface area (Å²) < 4.78 is 10.5. The summed E-state index contributed by atoms with van der Waals surface area (Å²) >= 11 is 0. The van der Waals surface area contributed by atoms with Crippen molar-refractivity contribution < 1.29 is 19.1 Å². The highest BCUT2D eigenvalue weighted by Gasteiger charge is 2.23. The number of nitrogens with zero attached hydrogens (tertiary/aromatic N) is 2. The second-order valence-corrected chi connectivity index (χ2v) is 5.88. The molecule has 1 aromatic rings. The van der Waals surface area contributed by atoms with Crippen molar-refractivity contribution in [3.8, 4) is 11.5 Å². The highest BCUT2D eigenvalue weighted by molar-refractivity contribution is 5.80. The third kappa shape index (κ3) is 4.40. The van der Waals surface area contributed by atoms with Gasteiger partial charge in [0.25, 0.3) is 0 Å². The van der Waals surface area contributed by atoms with Crippen molar-refractivity contribution in [3.05, 3.63) is 23.8 Å². The fourth-order valence-corrected chi connectivity index (χ4v) is 2.85. The van der Waals surface area contributed by atoms with E-state index in [0.717, 1.165) is 12.0 Å². The van der Waals surface area contributed by atoms with E-state index < -0.39 is 0 Å². The number of piperazine rings is 1. The van der Waals surface area contributed by atoms with Crippen molar-refractivity contribution in [3.63, 3.8) is 0 Å². The topological polar surface area (TPSA) is 59.1 Å². The van der Waals surface area contributed by atoms with Crippen molar-refractivity contribution in [2.24, 2.45) is 0 Å². The zero-order valence-electron chi connectivity index (χ0n) is 14.7. The molecule has 0 aliphatic carbocycles. The molecule has 6 heteroatoms. The molecule has 1 aromatic carbocycles. The van der Waals surface area contributed by atoms with Crippen molar-refractivity contribution in [1.29, 1.82) is 0 Å². The van der Waals surface area contributed by atoms with E-state index in [1.807, 2.05) is 34.9 Å². The molecule has 0 spiro atoms. The standard InChI is InChI=1S/C18H26N2O4/c1-4-5-17(21)19-8-10-20(11-9-19)18(22)13-14-6-7-15(23-2)16(12-14)24-3/h6-7,12H,4-5,8-11,13H2,1-3H3. The Hall–Kier alpha value is -2.24.